The van der Waals surface area contributed by atoms with Gasteiger partial charge in [0, 0.05) is 18.3 Å². The van der Waals surface area contributed by atoms with E-state index in [1.807, 2.05) is 30.3 Å². The molecule has 0 spiro atoms. The van der Waals surface area contributed by atoms with Crippen LogP contribution in [0.3, 0.4) is 0 Å². The Hall–Kier alpha value is -3.41. The lowest BCUT2D eigenvalue weighted by atomic mass is 10.2. The van der Waals surface area contributed by atoms with Crippen LogP contribution < -0.4 is 15.4 Å². The van der Waals surface area contributed by atoms with Crippen LogP contribution in [0.4, 0.5) is 11.5 Å². The minimum Gasteiger partial charge on any atom is -0.457 e. The third kappa shape index (κ3) is 5.54. The molecule has 0 radical (unpaired) electrons. The molecule has 27 heavy (non-hydrogen) atoms. The zero-order valence-corrected chi connectivity index (χ0v) is 15.3. The van der Waals surface area contributed by atoms with Gasteiger partial charge in [-0.15, -0.1) is 0 Å². The summed E-state index contributed by atoms with van der Waals surface area (Å²) >= 11 is 0. The third-order valence-corrected chi connectivity index (χ3v) is 3.68. The van der Waals surface area contributed by atoms with Crippen LogP contribution in [0.25, 0.3) is 0 Å². The molecule has 6 heteroatoms. The molecule has 0 aliphatic rings. The third-order valence-electron chi connectivity index (χ3n) is 3.68. The van der Waals surface area contributed by atoms with Crippen molar-refractivity contribution in [3.63, 3.8) is 0 Å². The van der Waals surface area contributed by atoms with Gasteiger partial charge >= 0.3 is 0 Å². The van der Waals surface area contributed by atoms with Crippen molar-refractivity contribution >= 4 is 17.4 Å². The van der Waals surface area contributed by atoms with E-state index in [-0.39, 0.29) is 5.91 Å². The van der Waals surface area contributed by atoms with Gasteiger partial charge in [0.25, 0.3) is 5.91 Å². The fraction of sp³-hybridized carbons (Fsp3) is 0.190. The number of aromatic nitrogens is 2. The van der Waals surface area contributed by atoms with Crippen molar-refractivity contribution in [1.29, 1.82) is 0 Å². The summed E-state index contributed by atoms with van der Waals surface area (Å²) in [5, 5.41) is 6.02. The summed E-state index contributed by atoms with van der Waals surface area (Å²) in [6.45, 7) is 4.99. The molecule has 6 nitrogen and oxygen atoms in total. The first-order valence-electron chi connectivity index (χ1n) is 8.80. The van der Waals surface area contributed by atoms with Gasteiger partial charge in [-0.1, -0.05) is 32.0 Å². The molecular formula is C21H22N4O2. The zero-order valence-electron chi connectivity index (χ0n) is 15.3. The van der Waals surface area contributed by atoms with Crippen molar-refractivity contribution in [1.82, 2.24) is 9.97 Å². The van der Waals surface area contributed by atoms with Gasteiger partial charge in [-0.25, -0.2) is 9.97 Å². The topological polar surface area (TPSA) is 76.1 Å². The van der Waals surface area contributed by atoms with Gasteiger partial charge in [-0.05, 0) is 42.3 Å². The van der Waals surface area contributed by atoms with Gasteiger partial charge in [0.2, 0.25) is 0 Å². The number of para-hydroxylation sites is 1. The van der Waals surface area contributed by atoms with E-state index >= 15 is 0 Å². The standard InChI is InChI=1S/C21H22N4O2/c1-15(2)13-22-20-12-19(23-14-24-20)21(26)25-16-8-10-18(11-9-16)27-17-6-4-3-5-7-17/h3-12,14-15H,13H2,1-2H3,(H,25,26)(H,22,23,24). The Morgan fingerprint density at radius 3 is 2.41 bits per heavy atom. The monoisotopic (exact) mass is 362 g/mol. The van der Waals surface area contributed by atoms with E-state index in [1.165, 1.54) is 6.33 Å². The number of rotatable bonds is 7. The molecule has 0 aliphatic heterocycles. The Bertz CT molecular complexity index is 880. The minimum absolute atomic E-state index is 0.290. The molecule has 1 heterocycles. The van der Waals surface area contributed by atoms with Crippen LogP contribution in [0.2, 0.25) is 0 Å². The highest BCUT2D eigenvalue weighted by Gasteiger charge is 2.10. The van der Waals surface area contributed by atoms with E-state index < -0.39 is 0 Å². The van der Waals surface area contributed by atoms with E-state index in [9.17, 15) is 4.79 Å². The molecule has 138 valence electrons. The first kappa shape index (κ1) is 18.4. The van der Waals surface area contributed by atoms with E-state index in [0.717, 1.165) is 12.3 Å². The van der Waals surface area contributed by atoms with Crippen LogP contribution in [0.5, 0.6) is 11.5 Å². The number of carbonyl (C=O) groups is 1. The maximum absolute atomic E-state index is 12.4. The zero-order chi connectivity index (χ0) is 19.1. The van der Waals surface area contributed by atoms with E-state index in [2.05, 4.69) is 34.4 Å². The molecule has 0 saturated heterocycles. The van der Waals surface area contributed by atoms with E-state index in [4.69, 9.17) is 4.74 Å². The summed E-state index contributed by atoms with van der Waals surface area (Å²) in [5.74, 6) is 2.28. The molecule has 0 atom stereocenters. The second-order valence-corrected chi connectivity index (χ2v) is 6.46. The summed E-state index contributed by atoms with van der Waals surface area (Å²) in [4.78, 5) is 20.6. The highest BCUT2D eigenvalue weighted by Crippen LogP contribution is 2.22. The smallest absolute Gasteiger partial charge is 0.274 e. The number of anilines is 2. The van der Waals surface area contributed by atoms with Crippen molar-refractivity contribution in [3.05, 3.63) is 72.7 Å². The first-order chi connectivity index (χ1) is 13.1. The van der Waals surface area contributed by atoms with Gasteiger partial charge in [0.05, 0.1) is 0 Å². The van der Waals surface area contributed by atoms with Gasteiger partial charge in [-0.2, -0.15) is 0 Å². The number of nitrogens with zero attached hydrogens (tertiary/aromatic N) is 2. The summed E-state index contributed by atoms with van der Waals surface area (Å²) in [5.41, 5.74) is 0.969. The van der Waals surface area contributed by atoms with Gasteiger partial charge < -0.3 is 15.4 Å². The summed E-state index contributed by atoms with van der Waals surface area (Å²) in [7, 11) is 0. The largest absolute Gasteiger partial charge is 0.457 e. The summed E-state index contributed by atoms with van der Waals surface area (Å²) in [6, 6.07) is 18.4. The Kier molecular flexibility index (Phi) is 5.99. The van der Waals surface area contributed by atoms with Crippen LogP contribution in [-0.4, -0.2) is 22.4 Å². The maximum atomic E-state index is 12.4. The van der Waals surface area contributed by atoms with Gasteiger partial charge in [-0.3, -0.25) is 4.79 Å². The molecule has 2 aromatic carbocycles. The molecule has 0 fully saturated rings. The maximum Gasteiger partial charge on any atom is 0.274 e. The van der Waals surface area contributed by atoms with Gasteiger partial charge in [0.1, 0.15) is 29.3 Å². The van der Waals surface area contributed by atoms with Crippen molar-refractivity contribution < 1.29 is 9.53 Å². The van der Waals surface area contributed by atoms with Crippen molar-refractivity contribution in [2.24, 2.45) is 5.92 Å². The second kappa shape index (κ2) is 8.80. The fourth-order valence-electron chi connectivity index (χ4n) is 2.31. The SMILES string of the molecule is CC(C)CNc1cc(C(=O)Nc2ccc(Oc3ccccc3)cc2)ncn1. The summed E-state index contributed by atoms with van der Waals surface area (Å²) in [6.07, 6.45) is 1.38. The first-order valence-corrected chi connectivity index (χ1v) is 8.80. The lowest BCUT2D eigenvalue weighted by Crippen LogP contribution is -2.15. The van der Waals surface area contributed by atoms with E-state index in [1.54, 1.807) is 30.3 Å². The Morgan fingerprint density at radius 1 is 1.00 bits per heavy atom. The quantitative estimate of drug-likeness (QED) is 0.643. The number of benzene rings is 2. The Labute approximate surface area is 158 Å². The summed E-state index contributed by atoms with van der Waals surface area (Å²) < 4.78 is 5.74. The predicted octanol–water partition coefficient (Wildman–Crippen LogP) is 4.59. The number of amides is 1. The number of nitrogens with one attached hydrogen (secondary N) is 2. The van der Waals surface area contributed by atoms with Crippen LogP contribution in [0.15, 0.2) is 67.0 Å². The molecule has 1 amide bonds. The van der Waals surface area contributed by atoms with Gasteiger partial charge in [0.15, 0.2) is 0 Å². The molecule has 3 rings (SSSR count). The highest BCUT2D eigenvalue weighted by atomic mass is 16.5. The average Bonchev–Trinajstić information content (AvgIpc) is 2.69. The van der Waals surface area contributed by atoms with Crippen molar-refractivity contribution in [3.8, 4) is 11.5 Å². The van der Waals surface area contributed by atoms with Crippen LogP contribution >= 0.6 is 0 Å². The lowest BCUT2D eigenvalue weighted by molar-refractivity contribution is 0.102. The lowest BCUT2D eigenvalue weighted by Gasteiger charge is -2.10. The highest BCUT2D eigenvalue weighted by molar-refractivity contribution is 6.03. The number of ether oxygens (including phenoxy) is 1. The predicted molar refractivity (Wildman–Crippen MR) is 106 cm³/mol. The number of hydrogen-bond donors (Lipinski definition) is 2. The van der Waals surface area contributed by atoms with Crippen LogP contribution in [0.1, 0.15) is 24.3 Å². The van der Waals surface area contributed by atoms with E-state index in [0.29, 0.717) is 28.9 Å². The molecule has 0 aliphatic carbocycles. The molecule has 2 N–H and O–H groups in total. The van der Waals surface area contributed by atoms with Crippen LogP contribution in [-0.2, 0) is 0 Å². The Balaban J connectivity index is 1.61. The molecule has 3 aromatic rings. The number of carbonyl (C=O) groups excluding carboxylic acids is 1. The normalized spacial score (nSPS) is 10.5. The fourth-order valence-corrected chi connectivity index (χ4v) is 2.31. The van der Waals surface area contributed by atoms with Crippen LogP contribution in [0, 0.1) is 5.92 Å². The molecule has 0 bridgehead atoms. The Morgan fingerprint density at radius 2 is 1.70 bits per heavy atom. The number of hydrogen-bond acceptors (Lipinski definition) is 5. The van der Waals surface area contributed by atoms with Crippen molar-refractivity contribution in [2.45, 2.75) is 13.8 Å². The molecule has 1 aromatic heterocycles. The average molecular weight is 362 g/mol. The molecule has 0 unspecified atom stereocenters. The van der Waals surface area contributed by atoms with Crippen molar-refractivity contribution in [2.75, 3.05) is 17.2 Å². The molecular weight excluding hydrogens is 340 g/mol. The molecule has 0 saturated carbocycles. The second-order valence-electron chi connectivity index (χ2n) is 6.46. The minimum atomic E-state index is -0.290.